The van der Waals surface area contributed by atoms with Gasteiger partial charge in [-0.05, 0) is 25.3 Å². The molecule has 1 aliphatic rings. The van der Waals surface area contributed by atoms with Gasteiger partial charge in [-0.1, -0.05) is 6.92 Å². The van der Waals surface area contributed by atoms with Crippen molar-refractivity contribution in [3.05, 3.63) is 42.2 Å². The normalized spacial score (nSPS) is 14.5. The Morgan fingerprint density at radius 2 is 1.81 bits per heavy atom. The molecule has 4 rings (SSSR count). The van der Waals surface area contributed by atoms with Gasteiger partial charge in [0.15, 0.2) is 0 Å². The minimum atomic E-state index is 0.585. The van der Waals surface area contributed by atoms with Crippen LogP contribution in [0.3, 0.4) is 0 Å². The van der Waals surface area contributed by atoms with E-state index in [0.717, 1.165) is 40.2 Å². The first-order valence-electron chi connectivity index (χ1n) is 7.27. The summed E-state index contributed by atoms with van der Waals surface area (Å²) >= 11 is 0. The van der Waals surface area contributed by atoms with E-state index >= 15 is 0 Å². The van der Waals surface area contributed by atoms with Gasteiger partial charge in [-0.2, -0.15) is 0 Å². The molecular formula is C16H15N5. The standard InChI is InChI=1S/C16H15N5/c1-2-11-5-12-14(8-18-11)19-9-16(20-12)15-7-17-6-13(21-15)10-3-4-10/h5-10H,2-4H2,1H3. The molecule has 1 fully saturated rings. The Labute approximate surface area is 122 Å². The molecule has 5 nitrogen and oxygen atoms in total. The Bertz CT molecular complexity index is 811. The van der Waals surface area contributed by atoms with E-state index in [9.17, 15) is 0 Å². The molecule has 0 aromatic carbocycles. The summed E-state index contributed by atoms with van der Waals surface area (Å²) in [5.41, 5.74) is 5.32. The first-order chi connectivity index (χ1) is 10.3. The van der Waals surface area contributed by atoms with Crippen LogP contribution in [0.15, 0.2) is 30.9 Å². The summed E-state index contributed by atoms with van der Waals surface area (Å²) in [5, 5.41) is 0. The highest BCUT2D eigenvalue weighted by atomic mass is 14.9. The maximum Gasteiger partial charge on any atom is 0.109 e. The first kappa shape index (κ1) is 12.3. The van der Waals surface area contributed by atoms with Gasteiger partial charge >= 0.3 is 0 Å². The van der Waals surface area contributed by atoms with Gasteiger partial charge in [-0.15, -0.1) is 0 Å². The van der Waals surface area contributed by atoms with Crippen molar-refractivity contribution in [3.8, 4) is 11.4 Å². The number of pyridine rings is 1. The summed E-state index contributed by atoms with van der Waals surface area (Å²) < 4.78 is 0. The van der Waals surface area contributed by atoms with Crippen molar-refractivity contribution < 1.29 is 0 Å². The lowest BCUT2D eigenvalue weighted by Crippen LogP contribution is -1.96. The van der Waals surface area contributed by atoms with Crippen molar-refractivity contribution in [1.82, 2.24) is 24.9 Å². The zero-order valence-electron chi connectivity index (χ0n) is 11.8. The maximum absolute atomic E-state index is 4.67. The molecule has 1 saturated carbocycles. The first-order valence-corrected chi connectivity index (χ1v) is 7.27. The molecule has 0 bridgehead atoms. The van der Waals surface area contributed by atoms with Gasteiger partial charge in [0.05, 0.1) is 29.8 Å². The van der Waals surface area contributed by atoms with E-state index in [1.54, 1.807) is 18.6 Å². The second-order valence-corrected chi connectivity index (χ2v) is 5.38. The van der Waals surface area contributed by atoms with Gasteiger partial charge in [0.2, 0.25) is 0 Å². The highest BCUT2D eigenvalue weighted by Crippen LogP contribution is 2.39. The fourth-order valence-corrected chi connectivity index (χ4v) is 2.35. The van der Waals surface area contributed by atoms with Gasteiger partial charge in [-0.25, -0.2) is 9.97 Å². The Kier molecular flexibility index (Phi) is 2.84. The van der Waals surface area contributed by atoms with Crippen LogP contribution in [0.4, 0.5) is 0 Å². The van der Waals surface area contributed by atoms with Gasteiger partial charge < -0.3 is 0 Å². The fraction of sp³-hybridized carbons (Fsp3) is 0.312. The molecule has 0 N–H and O–H groups in total. The zero-order valence-corrected chi connectivity index (χ0v) is 11.8. The molecule has 0 saturated heterocycles. The SMILES string of the molecule is CCc1cc2nc(-c3cncc(C4CC4)n3)cnc2cn1. The van der Waals surface area contributed by atoms with E-state index in [4.69, 9.17) is 0 Å². The molecular weight excluding hydrogens is 262 g/mol. The van der Waals surface area contributed by atoms with E-state index in [-0.39, 0.29) is 0 Å². The van der Waals surface area contributed by atoms with E-state index in [0.29, 0.717) is 5.92 Å². The summed E-state index contributed by atoms with van der Waals surface area (Å²) in [6.45, 7) is 2.08. The molecule has 5 heteroatoms. The van der Waals surface area contributed by atoms with Gasteiger partial charge in [-0.3, -0.25) is 15.0 Å². The molecule has 1 aliphatic carbocycles. The van der Waals surface area contributed by atoms with E-state index in [1.165, 1.54) is 12.8 Å². The van der Waals surface area contributed by atoms with Crippen LogP contribution < -0.4 is 0 Å². The van der Waals surface area contributed by atoms with E-state index in [1.807, 2.05) is 12.3 Å². The second-order valence-electron chi connectivity index (χ2n) is 5.38. The fourth-order valence-electron chi connectivity index (χ4n) is 2.35. The molecule has 0 spiro atoms. The topological polar surface area (TPSA) is 64.5 Å². The smallest absolute Gasteiger partial charge is 0.109 e. The lowest BCUT2D eigenvalue weighted by Gasteiger charge is -2.04. The number of aryl methyl sites for hydroxylation is 1. The number of fused-ring (bicyclic) bond motifs is 1. The lowest BCUT2D eigenvalue weighted by atomic mass is 10.2. The molecule has 104 valence electrons. The number of hydrogen-bond donors (Lipinski definition) is 0. The van der Waals surface area contributed by atoms with Crippen molar-refractivity contribution in [2.45, 2.75) is 32.1 Å². The van der Waals surface area contributed by atoms with E-state index in [2.05, 4.69) is 31.8 Å². The van der Waals surface area contributed by atoms with Crippen LogP contribution in [-0.2, 0) is 6.42 Å². The zero-order chi connectivity index (χ0) is 14.2. The highest BCUT2D eigenvalue weighted by Gasteiger charge is 2.25. The number of hydrogen-bond acceptors (Lipinski definition) is 5. The van der Waals surface area contributed by atoms with Crippen LogP contribution in [0.2, 0.25) is 0 Å². The number of nitrogens with zero attached hydrogens (tertiary/aromatic N) is 5. The highest BCUT2D eigenvalue weighted by molar-refractivity contribution is 5.75. The summed E-state index contributed by atoms with van der Waals surface area (Å²) in [6, 6.07) is 1.99. The average molecular weight is 277 g/mol. The molecule has 21 heavy (non-hydrogen) atoms. The Morgan fingerprint density at radius 3 is 2.62 bits per heavy atom. The quantitative estimate of drug-likeness (QED) is 0.736. The maximum atomic E-state index is 4.67. The summed E-state index contributed by atoms with van der Waals surface area (Å²) in [5.74, 6) is 0.585. The van der Waals surface area contributed by atoms with Crippen LogP contribution >= 0.6 is 0 Å². The van der Waals surface area contributed by atoms with Crippen molar-refractivity contribution in [2.24, 2.45) is 0 Å². The molecule has 0 aliphatic heterocycles. The molecule has 3 aromatic rings. The van der Waals surface area contributed by atoms with Crippen LogP contribution in [0, 0.1) is 0 Å². The molecule has 0 atom stereocenters. The Hall–Kier alpha value is -2.43. The lowest BCUT2D eigenvalue weighted by molar-refractivity contribution is 0.987. The Morgan fingerprint density at radius 1 is 0.952 bits per heavy atom. The second kappa shape index (κ2) is 4.84. The van der Waals surface area contributed by atoms with Crippen LogP contribution in [0.5, 0.6) is 0 Å². The molecule has 0 unspecified atom stereocenters. The van der Waals surface area contributed by atoms with Gasteiger partial charge in [0.1, 0.15) is 16.9 Å². The van der Waals surface area contributed by atoms with Crippen LogP contribution in [-0.4, -0.2) is 24.9 Å². The minimum Gasteiger partial charge on any atom is -0.260 e. The van der Waals surface area contributed by atoms with Crippen molar-refractivity contribution in [3.63, 3.8) is 0 Å². The van der Waals surface area contributed by atoms with Crippen LogP contribution in [0.1, 0.15) is 37.1 Å². The van der Waals surface area contributed by atoms with Gasteiger partial charge in [0, 0.05) is 17.8 Å². The number of rotatable bonds is 3. The summed E-state index contributed by atoms with van der Waals surface area (Å²) in [6.07, 6.45) is 10.4. The van der Waals surface area contributed by atoms with Crippen LogP contribution in [0.25, 0.3) is 22.4 Å². The summed E-state index contributed by atoms with van der Waals surface area (Å²) in [7, 11) is 0. The predicted molar refractivity (Wildman–Crippen MR) is 79.7 cm³/mol. The third kappa shape index (κ3) is 2.35. The molecule has 3 aromatic heterocycles. The monoisotopic (exact) mass is 277 g/mol. The Balaban J connectivity index is 1.80. The molecule has 0 amide bonds. The number of aromatic nitrogens is 5. The minimum absolute atomic E-state index is 0.585. The summed E-state index contributed by atoms with van der Waals surface area (Å²) in [4.78, 5) is 22.4. The predicted octanol–water partition coefficient (Wildman–Crippen LogP) is 2.92. The third-order valence-electron chi connectivity index (χ3n) is 3.76. The third-order valence-corrected chi connectivity index (χ3v) is 3.76. The average Bonchev–Trinajstić information content (AvgIpc) is 3.39. The van der Waals surface area contributed by atoms with Crippen molar-refractivity contribution >= 4 is 11.0 Å². The molecule has 0 radical (unpaired) electrons. The molecule has 3 heterocycles. The van der Waals surface area contributed by atoms with Crippen molar-refractivity contribution in [1.29, 1.82) is 0 Å². The van der Waals surface area contributed by atoms with Crippen molar-refractivity contribution in [2.75, 3.05) is 0 Å². The largest absolute Gasteiger partial charge is 0.260 e. The van der Waals surface area contributed by atoms with E-state index < -0.39 is 0 Å². The van der Waals surface area contributed by atoms with Gasteiger partial charge in [0.25, 0.3) is 0 Å².